The quantitative estimate of drug-likeness (QED) is 0.781. The van der Waals surface area contributed by atoms with E-state index in [1.807, 2.05) is 12.2 Å². The van der Waals surface area contributed by atoms with E-state index in [0.717, 1.165) is 6.42 Å². The van der Waals surface area contributed by atoms with Crippen LogP contribution in [0, 0.1) is 5.82 Å². The van der Waals surface area contributed by atoms with E-state index in [1.54, 1.807) is 13.0 Å². The molecule has 2 N–H and O–H groups in total. The molecule has 0 fully saturated rings. The normalized spacial score (nSPS) is 11.4. The van der Waals surface area contributed by atoms with E-state index in [2.05, 4.69) is 5.32 Å². The average Bonchev–Trinajstić information content (AvgIpc) is 2.47. The molecule has 0 aliphatic carbocycles. The summed E-state index contributed by atoms with van der Waals surface area (Å²) in [6.45, 7) is 3.08. The Balaban J connectivity index is 2.33. The number of halogens is 1. The number of urea groups is 1. The van der Waals surface area contributed by atoms with Crippen LogP contribution in [-0.4, -0.2) is 30.6 Å². The van der Waals surface area contributed by atoms with E-state index in [0.29, 0.717) is 0 Å². The van der Waals surface area contributed by atoms with Crippen LogP contribution in [0.15, 0.2) is 24.3 Å². The molecular weight excluding hydrogens is 291 g/mol. The van der Waals surface area contributed by atoms with Gasteiger partial charge in [0, 0.05) is 6.04 Å². The van der Waals surface area contributed by atoms with Crippen molar-refractivity contribution in [1.82, 2.24) is 10.6 Å². The minimum absolute atomic E-state index is 0.0728. The zero-order chi connectivity index (χ0) is 16.5. The lowest BCUT2D eigenvalue weighted by Crippen LogP contribution is -2.44. The molecule has 0 radical (unpaired) electrons. The van der Waals surface area contributed by atoms with Crippen LogP contribution in [0.4, 0.5) is 9.18 Å². The molecule has 0 spiro atoms. The molecule has 0 aliphatic heterocycles. The Kier molecular flexibility index (Phi) is 7.01. The second-order valence-electron chi connectivity index (χ2n) is 4.76. The lowest BCUT2D eigenvalue weighted by Gasteiger charge is -2.11. The number of carbonyl (C=O) groups is 3. The maximum atomic E-state index is 13.3. The summed E-state index contributed by atoms with van der Waals surface area (Å²) in [6.07, 6.45) is 0.443. The highest BCUT2D eigenvalue weighted by Gasteiger charge is 2.13. The summed E-state index contributed by atoms with van der Waals surface area (Å²) < 4.78 is 18.0. The van der Waals surface area contributed by atoms with Crippen molar-refractivity contribution in [1.29, 1.82) is 0 Å². The molecule has 22 heavy (non-hydrogen) atoms. The van der Waals surface area contributed by atoms with Gasteiger partial charge in [0.15, 0.2) is 6.61 Å². The summed E-state index contributed by atoms with van der Waals surface area (Å²) in [4.78, 5) is 34.3. The van der Waals surface area contributed by atoms with Crippen molar-refractivity contribution < 1.29 is 23.5 Å². The molecule has 1 aromatic rings. The molecule has 0 saturated carbocycles. The topological polar surface area (TPSA) is 84.5 Å². The summed E-state index contributed by atoms with van der Waals surface area (Å²) in [5, 5.41) is 4.57. The van der Waals surface area contributed by atoms with Crippen molar-refractivity contribution in [2.45, 2.75) is 32.7 Å². The maximum Gasteiger partial charge on any atom is 0.321 e. The van der Waals surface area contributed by atoms with E-state index in [1.165, 1.54) is 18.2 Å². The predicted molar refractivity (Wildman–Crippen MR) is 77.5 cm³/mol. The second kappa shape index (κ2) is 8.76. The fourth-order valence-electron chi connectivity index (χ4n) is 1.52. The molecule has 1 aromatic carbocycles. The highest BCUT2D eigenvalue weighted by molar-refractivity contribution is 5.95. The van der Waals surface area contributed by atoms with E-state index in [9.17, 15) is 18.8 Å². The first-order valence-electron chi connectivity index (χ1n) is 6.91. The summed E-state index contributed by atoms with van der Waals surface area (Å²) in [6, 6.07) is 5.07. The van der Waals surface area contributed by atoms with Crippen molar-refractivity contribution in [3.05, 3.63) is 35.6 Å². The van der Waals surface area contributed by atoms with Crippen molar-refractivity contribution >= 4 is 17.9 Å². The summed E-state index contributed by atoms with van der Waals surface area (Å²) >= 11 is 0. The van der Waals surface area contributed by atoms with Gasteiger partial charge >= 0.3 is 12.0 Å². The van der Waals surface area contributed by atoms with Crippen LogP contribution in [0.2, 0.25) is 0 Å². The second-order valence-corrected chi connectivity index (χ2v) is 4.76. The van der Waals surface area contributed by atoms with Crippen molar-refractivity contribution in [2.24, 2.45) is 0 Å². The Labute approximate surface area is 128 Å². The molecule has 1 atom stereocenters. The lowest BCUT2D eigenvalue weighted by molar-refractivity contribution is -0.147. The van der Waals surface area contributed by atoms with E-state index < -0.39 is 30.3 Å². The van der Waals surface area contributed by atoms with Gasteiger partial charge in [-0.2, -0.15) is 0 Å². The van der Waals surface area contributed by atoms with Crippen LogP contribution < -0.4 is 10.6 Å². The molecule has 120 valence electrons. The third kappa shape index (κ3) is 6.34. The van der Waals surface area contributed by atoms with Gasteiger partial charge in [-0.1, -0.05) is 25.1 Å². The number of ether oxygens (including phenoxy) is 1. The smallest absolute Gasteiger partial charge is 0.321 e. The molecule has 1 rings (SSSR count). The van der Waals surface area contributed by atoms with Crippen molar-refractivity contribution in [3.63, 3.8) is 0 Å². The van der Waals surface area contributed by atoms with Gasteiger partial charge < -0.3 is 10.1 Å². The number of nitrogens with one attached hydrogen (secondary N) is 2. The highest BCUT2D eigenvalue weighted by atomic mass is 19.1. The van der Waals surface area contributed by atoms with Crippen LogP contribution in [0.1, 0.15) is 25.8 Å². The first-order valence-corrected chi connectivity index (χ1v) is 6.91. The van der Waals surface area contributed by atoms with Crippen molar-refractivity contribution in [3.8, 4) is 0 Å². The third-order valence-corrected chi connectivity index (χ3v) is 2.90. The number of benzene rings is 1. The summed E-state index contributed by atoms with van der Waals surface area (Å²) in [5.41, 5.74) is 0.183. The zero-order valence-electron chi connectivity index (χ0n) is 12.5. The van der Waals surface area contributed by atoms with Crippen molar-refractivity contribution in [2.75, 3.05) is 6.61 Å². The molecular formula is C15H19FN2O4. The molecule has 3 amide bonds. The minimum Gasteiger partial charge on any atom is -0.455 e. The fourth-order valence-corrected chi connectivity index (χ4v) is 1.52. The highest BCUT2D eigenvalue weighted by Crippen LogP contribution is 2.07. The van der Waals surface area contributed by atoms with Crippen LogP contribution in [0.25, 0.3) is 0 Å². The molecule has 0 saturated heterocycles. The van der Waals surface area contributed by atoms with Gasteiger partial charge in [0.05, 0.1) is 6.42 Å². The number of carbonyl (C=O) groups excluding carboxylic acids is 3. The Hall–Kier alpha value is -2.44. The van der Waals surface area contributed by atoms with Gasteiger partial charge in [0.2, 0.25) is 0 Å². The van der Waals surface area contributed by atoms with E-state index >= 15 is 0 Å². The maximum absolute atomic E-state index is 13.3. The van der Waals surface area contributed by atoms with E-state index in [-0.39, 0.29) is 18.0 Å². The number of rotatable bonds is 6. The largest absolute Gasteiger partial charge is 0.455 e. The summed E-state index contributed by atoms with van der Waals surface area (Å²) in [5.74, 6) is -2.01. The Morgan fingerprint density at radius 3 is 2.59 bits per heavy atom. The van der Waals surface area contributed by atoms with Crippen LogP contribution >= 0.6 is 0 Å². The van der Waals surface area contributed by atoms with Gasteiger partial charge in [-0.3, -0.25) is 14.9 Å². The standard InChI is InChI=1S/C15H19FN2O4/c1-3-10(2)17-15(21)18-13(19)9-22-14(20)8-11-6-4-5-7-12(11)16/h4-7,10H,3,8-9H2,1-2H3,(H2,17,18,19,21)/t10-/m0/s1. The molecule has 7 heteroatoms. The minimum atomic E-state index is -0.748. The lowest BCUT2D eigenvalue weighted by atomic mass is 10.1. The number of hydrogen-bond donors (Lipinski definition) is 2. The Bertz CT molecular complexity index is 548. The number of esters is 1. The van der Waals surface area contributed by atoms with E-state index in [4.69, 9.17) is 4.74 Å². The monoisotopic (exact) mass is 310 g/mol. The predicted octanol–water partition coefficient (Wildman–Crippen LogP) is 1.54. The van der Waals surface area contributed by atoms with Gasteiger partial charge in [-0.05, 0) is 25.0 Å². The van der Waals surface area contributed by atoms with Crippen LogP contribution in [0.5, 0.6) is 0 Å². The molecule has 0 aliphatic rings. The number of hydrogen-bond acceptors (Lipinski definition) is 4. The molecule has 6 nitrogen and oxygen atoms in total. The third-order valence-electron chi connectivity index (χ3n) is 2.90. The Morgan fingerprint density at radius 2 is 1.95 bits per heavy atom. The molecule has 0 aromatic heterocycles. The van der Waals surface area contributed by atoms with Crippen LogP contribution in [-0.2, 0) is 20.7 Å². The average molecular weight is 310 g/mol. The zero-order valence-corrected chi connectivity index (χ0v) is 12.5. The number of imide groups is 1. The number of amides is 3. The molecule has 0 unspecified atom stereocenters. The first kappa shape index (κ1) is 17.6. The Morgan fingerprint density at radius 1 is 1.27 bits per heavy atom. The van der Waals surface area contributed by atoms with Gasteiger partial charge in [0.25, 0.3) is 5.91 Å². The van der Waals surface area contributed by atoms with Gasteiger partial charge in [-0.25, -0.2) is 9.18 Å². The SMILES string of the molecule is CC[C@H](C)NC(=O)NC(=O)COC(=O)Cc1ccccc1F. The van der Waals surface area contributed by atoms with Crippen LogP contribution in [0.3, 0.4) is 0 Å². The molecule has 0 heterocycles. The fraction of sp³-hybridized carbons (Fsp3) is 0.400. The van der Waals surface area contributed by atoms with Gasteiger partial charge in [-0.15, -0.1) is 0 Å². The first-order chi connectivity index (χ1) is 10.4. The molecule has 0 bridgehead atoms. The summed E-state index contributed by atoms with van der Waals surface area (Å²) in [7, 11) is 0. The van der Waals surface area contributed by atoms with Gasteiger partial charge in [0.1, 0.15) is 5.82 Å².